The quantitative estimate of drug-likeness (QED) is 0.260. The number of esters is 1. The maximum Gasteiger partial charge on any atom is 0.339 e. The summed E-state index contributed by atoms with van der Waals surface area (Å²) >= 11 is 0. The number of hydroxylamine groups is 2. The SMILES string of the molecule is O=C(OCc1ccccc1)[C@H]1ON(Cc2ccccc2)[C@@H](c2ccccc2)[C@@H]1S(F)(F)(F)(F)F. The van der Waals surface area contributed by atoms with Gasteiger partial charge in [0.2, 0.25) is 0 Å². The van der Waals surface area contributed by atoms with Crippen LogP contribution in [0.15, 0.2) is 91.0 Å². The van der Waals surface area contributed by atoms with Gasteiger partial charge in [-0.1, -0.05) is 110 Å². The number of nitrogens with zero attached hydrogens (tertiary/aromatic N) is 1. The minimum atomic E-state index is -10.3. The zero-order chi connectivity index (χ0) is 24.5. The average Bonchev–Trinajstić information content (AvgIpc) is 3.19. The van der Waals surface area contributed by atoms with Crippen LogP contribution in [-0.4, -0.2) is 22.4 Å². The van der Waals surface area contributed by atoms with Crippen LogP contribution in [0.25, 0.3) is 0 Å². The highest BCUT2D eigenvalue weighted by molar-refractivity contribution is 8.46. The van der Waals surface area contributed by atoms with E-state index in [4.69, 9.17) is 9.57 Å². The Bertz CT molecular complexity index is 1130. The lowest BCUT2D eigenvalue weighted by molar-refractivity contribution is -0.194. The predicted octanol–water partition coefficient (Wildman–Crippen LogP) is 6.95. The van der Waals surface area contributed by atoms with Crippen LogP contribution in [0.4, 0.5) is 19.4 Å². The summed E-state index contributed by atoms with van der Waals surface area (Å²) in [5.74, 6) is -1.50. The number of rotatable bonds is 7. The van der Waals surface area contributed by atoms with Crippen LogP contribution in [0.5, 0.6) is 0 Å². The number of carbonyl (C=O) groups is 1. The Balaban J connectivity index is 1.72. The third-order valence-corrected chi connectivity index (χ3v) is 7.00. The molecule has 34 heavy (non-hydrogen) atoms. The average molecular weight is 500 g/mol. The summed E-state index contributed by atoms with van der Waals surface area (Å²) in [5.41, 5.74) is 0.983. The molecule has 1 aliphatic rings. The van der Waals surface area contributed by atoms with Gasteiger partial charge in [0.1, 0.15) is 6.61 Å². The van der Waals surface area contributed by atoms with Crippen molar-refractivity contribution in [2.45, 2.75) is 30.5 Å². The first kappa shape index (κ1) is 24.2. The molecule has 1 heterocycles. The van der Waals surface area contributed by atoms with Crippen LogP contribution < -0.4 is 0 Å². The normalized spacial score (nSPS) is 23.1. The zero-order valence-corrected chi connectivity index (χ0v) is 18.6. The summed E-state index contributed by atoms with van der Waals surface area (Å²) in [6, 6.07) is 21.6. The Morgan fingerprint density at radius 2 is 1.29 bits per heavy atom. The van der Waals surface area contributed by atoms with Crippen LogP contribution >= 0.6 is 10.2 Å². The molecule has 0 radical (unpaired) electrons. The summed E-state index contributed by atoms with van der Waals surface area (Å²) in [7, 11) is -10.3. The van der Waals surface area contributed by atoms with Crippen molar-refractivity contribution in [1.82, 2.24) is 5.06 Å². The van der Waals surface area contributed by atoms with Gasteiger partial charge < -0.3 is 4.74 Å². The van der Waals surface area contributed by atoms with Gasteiger partial charge in [0, 0.05) is 6.54 Å². The first-order chi connectivity index (χ1) is 15.9. The largest absolute Gasteiger partial charge is 0.459 e. The van der Waals surface area contributed by atoms with E-state index >= 15 is 0 Å². The molecule has 0 spiro atoms. The molecule has 3 aromatic rings. The molecule has 0 bridgehead atoms. The predicted molar refractivity (Wildman–Crippen MR) is 119 cm³/mol. The van der Waals surface area contributed by atoms with Crippen molar-refractivity contribution in [3.8, 4) is 0 Å². The van der Waals surface area contributed by atoms with E-state index in [0.717, 1.165) is 5.06 Å². The van der Waals surface area contributed by atoms with Crippen molar-refractivity contribution in [1.29, 1.82) is 0 Å². The van der Waals surface area contributed by atoms with Crippen LogP contribution in [-0.2, 0) is 27.5 Å². The van der Waals surface area contributed by atoms with Crippen molar-refractivity contribution < 1.29 is 33.8 Å². The second-order valence-corrected chi connectivity index (χ2v) is 10.6. The van der Waals surface area contributed by atoms with E-state index in [2.05, 4.69) is 0 Å². The lowest BCUT2D eigenvalue weighted by Gasteiger charge is -2.48. The van der Waals surface area contributed by atoms with E-state index in [1.165, 1.54) is 24.3 Å². The number of ether oxygens (including phenoxy) is 1. The van der Waals surface area contributed by atoms with E-state index in [-0.39, 0.29) is 18.7 Å². The summed E-state index contributed by atoms with van der Waals surface area (Å²) < 4.78 is 77.1. The van der Waals surface area contributed by atoms with Crippen molar-refractivity contribution in [2.24, 2.45) is 0 Å². The Hall–Kier alpha value is -2.95. The first-order valence-electron chi connectivity index (χ1n) is 10.4. The summed E-state index contributed by atoms with van der Waals surface area (Å²) in [4.78, 5) is 18.1. The maximum absolute atomic E-state index is 14.4. The zero-order valence-electron chi connectivity index (χ0n) is 17.8. The summed E-state index contributed by atoms with van der Waals surface area (Å²) in [6.07, 6.45) is -2.56. The fraction of sp³-hybridized carbons (Fsp3) is 0.208. The molecular formula is C24H22F5NO3S. The molecule has 4 rings (SSSR count). The van der Waals surface area contributed by atoms with Gasteiger partial charge in [-0.3, -0.25) is 4.84 Å². The van der Waals surface area contributed by atoms with Crippen molar-refractivity contribution in [2.75, 3.05) is 0 Å². The second kappa shape index (κ2) is 8.37. The minimum absolute atomic E-state index is 0.0463. The lowest BCUT2D eigenvalue weighted by Crippen LogP contribution is -2.42. The fourth-order valence-electron chi connectivity index (χ4n) is 3.97. The Morgan fingerprint density at radius 1 is 0.794 bits per heavy atom. The van der Waals surface area contributed by atoms with Gasteiger partial charge >= 0.3 is 5.97 Å². The molecular weight excluding hydrogens is 477 g/mol. The fourth-order valence-corrected chi connectivity index (χ4v) is 5.38. The smallest absolute Gasteiger partial charge is 0.339 e. The molecule has 4 nitrogen and oxygen atoms in total. The van der Waals surface area contributed by atoms with Crippen LogP contribution in [0.3, 0.4) is 0 Å². The molecule has 1 fully saturated rings. The van der Waals surface area contributed by atoms with Gasteiger partial charge in [-0.05, 0) is 16.7 Å². The van der Waals surface area contributed by atoms with Gasteiger partial charge in [-0.25, -0.2) is 4.79 Å². The number of carbonyl (C=O) groups excluding carboxylic acids is 1. The number of benzene rings is 3. The molecule has 0 unspecified atom stereocenters. The Morgan fingerprint density at radius 3 is 1.82 bits per heavy atom. The van der Waals surface area contributed by atoms with E-state index in [9.17, 15) is 24.2 Å². The number of hydrogen-bond acceptors (Lipinski definition) is 4. The molecule has 1 saturated heterocycles. The third-order valence-electron chi connectivity index (χ3n) is 5.46. The number of halogens is 5. The highest BCUT2D eigenvalue weighted by Gasteiger charge is 2.78. The number of hydrogen-bond donors (Lipinski definition) is 0. The molecule has 1 aliphatic heterocycles. The second-order valence-electron chi connectivity index (χ2n) is 8.03. The van der Waals surface area contributed by atoms with Gasteiger partial charge in [0.25, 0.3) is 10.2 Å². The summed E-state index contributed by atoms with van der Waals surface area (Å²) in [6.45, 7) is -0.617. The molecule has 182 valence electrons. The summed E-state index contributed by atoms with van der Waals surface area (Å²) in [5, 5.41) is -2.59. The third kappa shape index (κ3) is 5.57. The first-order valence-corrected chi connectivity index (χ1v) is 12.4. The van der Waals surface area contributed by atoms with Gasteiger partial charge in [0.05, 0.1) is 6.04 Å². The van der Waals surface area contributed by atoms with E-state index in [1.54, 1.807) is 66.7 Å². The van der Waals surface area contributed by atoms with E-state index in [0.29, 0.717) is 11.1 Å². The molecule has 0 aromatic heterocycles. The maximum atomic E-state index is 14.4. The molecule has 0 saturated carbocycles. The van der Waals surface area contributed by atoms with E-state index < -0.39 is 33.6 Å². The molecule has 0 N–H and O–H groups in total. The van der Waals surface area contributed by atoms with Crippen molar-refractivity contribution >= 4 is 16.2 Å². The Labute approximate surface area is 193 Å². The van der Waals surface area contributed by atoms with Gasteiger partial charge in [-0.2, -0.15) is 5.06 Å². The van der Waals surface area contributed by atoms with E-state index in [1.807, 2.05) is 0 Å². The van der Waals surface area contributed by atoms with Crippen LogP contribution in [0.1, 0.15) is 22.7 Å². The van der Waals surface area contributed by atoms with Crippen molar-refractivity contribution in [3.63, 3.8) is 0 Å². The molecule has 0 amide bonds. The van der Waals surface area contributed by atoms with Crippen molar-refractivity contribution in [3.05, 3.63) is 108 Å². The van der Waals surface area contributed by atoms with Crippen LogP contribution in [0, 0.1) is 0 Å². The lowest BCUT2D eigenvalue weighted by atomic mass is 10.0. The highest BCUT2D eigenvalue weighted by atomic mass is 32.5. The van der Waals surface area contributed by atoms with Crippen LogP contribution in [0.2, 0.25) is 0 Å². The Kier molecular flexibility index (Phi) is 5.95. The van der Waals surface area contributed by atoms with Gasteiger partial charge in [-0.15, -0.1) is 0 Å². The van der Waals surface area contributed by atoms with Gasteiger partial charge in [0.15, 0.2) is 11.4 Å². The molecule has 3 aromatic carbocycles. The topological polar surface area (TPSA) is 38.8 Å². The molecule has 3 atom stereocenters. The minimum Gasteiger partial charge on any atom is -0.459 e. The molecule has 10 heteroatoms. The highest BCUT2D eigenvalue weighted by Crippen LogP contribution is 3.02. The standard InChI is InChI=1S/C24H22F5NO3S/c25-34(26,27,28,29)23-21(20-14-8-3-9-15-20)30(16-18-10-4-1-5-11-18)33-22(23)24(31)32-17-19-12-6-2-7-13-19/h1-15,21-23H,16-17H2/t21-,22-,23-/m0/s1. The monoisotopic (exact) mass is 499 g/mol. The molecule has 0 aliphatic carbocycles.